The van der Waals surface area contributed by atoms with E-state index in [1.165, 1.54) is 26.2 Å². The van der Waals surface area contributed by atoms with Gasteiger partial charge in [-0.2, -0.15) is 0 Å². The van der Waals surface area contributed by atoms with Gasteiger partial charge in [0.2, 0.25) is 11.8 Å². The Morgan fingerprint density at radius 2 is 1.75 bits per heavy atom. The molecule has 1 saturated carbocycles. The van der Waals surface area contributed by atoms with Crippen molar-refractivity contribution in [1.82, 2.24) is 19.8 Å². The summed E-state index contributed by atoms with van der Waals surface area (Å²) in [4.78, 5) is 31.9. The summed E-state index contributed by atoms with van der Waals surface area (Å²) in [6.07, 6.45) is 6.34. The molecule has 6 heteroatoms. The molecule has 0 radical (unpaired) electrons. The van der Waals surface area contributed by atoms with E-state index in [2.05, 4.69) is 22.3 Å². The molecule has 1 aliphatic carbocycles. The van der Waals surface area contributed by atoms with Crippen molar-refractivity contribution in [3.05, 3.63) is 66.0 Å². The van der Waals surface area contributed by atoms with Crippen molar-refractivity contribution in [3.8, 4) is 0 Å². The predicted molar refractivity (Wildman–Crippen MR) is 126 cm³/mol. The quantitative estimate of drug-likeness (QED) is 0.583. The molecule has 4 rings (SSSR count). The van der Waals surface area contributed by atoms with Crippen molar-refractivity contribution < 1.29 is 9.59 Å². The highest BCUT2D eigenvalue weighted by Crippen LogP contribution is 2.25. The monoisotopic (exact) mass is 432 g/mol. The molecule has 0 aliphatic heterocycles. The molecule has 1 aromatic heterocycles. The molecule has 1 fully saturated rings. The number of imidazole rings is 1. The molecule has 2 amide bonds. The van der Waals surface area contributed by atoms with E-state index in [0.29, 0.717) is 19.5 Å². The topological polar surface area (TPSA) is 67.2 Å². The van der Waals surface area contributed by atoms with E-state index in [1.807, 2.05) is 47.0 Å². The summed E-state index contributed by atoms with van der Waals surface area (Å²) in [7, 11) is 0. The molecule has 0 atom stereocenters. The number of hydrogen-bond acceptors (Lipinski definition) is 3. The minimum absolute atomic E-state index is 0.0601. The SMILES string of the molecule is CC(=O)NCCc1nc2ccccc2n1CC(=O)N(Cc1ccccc1)C1CCCCC1. The van der Waals surface area contributed by atoms with Gasteiger partial charge in [-0.15, -0.1) is 0 Å². The fourth-order valence-corrected chi connectivity index (χ4v) is 4.66. The molecule has 0 unspecified atom stereocenters. The summed E-state index contributed by atoms with van der Waals surface area (Å²) in [5.74, 6) is 0.899. The highest BCUT2D eigenvalue weighted by molar-refractivity contribution is 5.81. The number of para-hydroxylation sites is 2. The van der Waals surface area contributed by atoms with Crippen LogP contribution in [0.2, 0.25) is 0 Å². The van der Waals surface area contributed by atoms with Gasteiger partial charge < -0.3 is 14.8 Å². The number of carbonyl (C=O) groups excluding carboxylic acids is 2. The fraction of sp³-hybridized carbons (Fsp3) is 0.423. The largest absolute Gasteiger partial charge is 0.356 e. The summed E-state index contributed by atoms with van der Waals surface area (Å²) in [5.41, 5.74) is 3.00. The molecule has 3 aromatic rings. The zero-order valence-corrected chi connectivity index (χ0v) is 18.8. The Morgan fingerprint density at radius 3 is 2.50 bits per heavy atom. The van der Waals surface area contributed by atoms with Crippen molar-refractivity contribution in [2.45, 2.75) is 64.6 Å². The lowest BCUT2D eigenvalue weighted by Gasteiger charge is -2.35. The van der Waals surface area contributed by atoms with E-state index >= 15 is 0 Å². The highest BCUT2D eigenvalue weighted by Gasteiger charge is 2.26. The molecule has 32 heavy (non-hydrogen) atoms. The normalized spacial score (nSPS) is 14.4. The van der Waals surface area contributed by atoms with Gasteiger partial charge in [-0.25, -0.2) is 4.98 Å². The molecule has 6 nitrogen and oxygen atoms in total. The number of aromatic nitrogens is 2. The zero-order chi connectivity index (χ0) is 22.3. The molecule has 168 valence electrons. The Kier molecular flexibility index (Phi) is 7.20. The lowest BCUT2D eigenvalue weighted by atomic mass is 9.93. The maximum absolute atomic E-state index is 13.7. The molecule has 0 saturated heterocycles. The molecule has 2 aromatic carbocycles. The molecule has 1 aliphatic rings. The Bertz CT molecular complexity index is 1050. The third-order valence-electron chi connectivity index (χ3n) is 6.28. The number of carbonyl (C=O) groups is 2. The Hall–Kier alpha value is -3.15. The van der Waals surface area contributed by atoms with Crippen LogP contribution in [0.4, 0.5) is 0 Å². The lowest BCUT2D eigenvalue weighted by Crippen LogP contribution is -2.42. The van der Waals surface area contributed by atoms with Crippen LogP contribution >= 0.6 is 0 Å². The minimum Gasteiger partial charge on any atom is -0.356 e. The van der Waals surface area contributed by atoms with Crippen LogP contribution in [0.15, 0.2) is 54.6 Å². The Morgan fingerprint density at radius 1 is 1.03 bits per heavy atom. The highest BCUT2D eigenvalue weighted by atomic mass is 16.2. The van der Waals surface area contributed by atoms with E-state index < -0.39 is 0 Å². The number of benzene rings is 2. The van der Waals surface area contributed by atoms with E-state index in [-0.39, 0.29) is 24.4 Å². The fourth-order valence-electron chi connectivity index (χ4n) is 4.66. The maximum atomic E-state index is 13.7. The molecular formula is C26H32N4O2. The molecule has 1 N–H and O–H groups in total. The Balaban J connectivity index is 1.59. The summed E-state index contributed by atoms with van der Waals surface area (Å²) in [5, 5.41) is 2.84. The number of fused-ring (bicyclic) bond motifs is 1. The van der Waals surface area contributed by atoms with E-state index in [9.17, 15) is 9.59 Å². The first-order valence-electron chi connectivity index (χ1n) is 11.6. The number of hydrogen-bond donors (Lipinski definition) is 1. The van der Waals surface area contributed by atoms with E-state index in [4.69, 9.17) is 4.98 Å². The molecule has 0 bridgehead atoms. The van der Waals surface area contributed by atoms with Crippen molar-refractivity contribution in [1.29, 1.82) is 0 Å². The molecule has 0 spiro atoms. The summed E-state index contributed by atoms with van der Waals surface area (Å²) >= 11 is 0. The third-order valence-corrected chi connectivity index (χ3v) is 6.28. The van der Waals surface area contributed by atoms with Gasteiger partial charge in [-0.3, -0.25) is 9.59 Å². The lowest BCUT2D eigenvalue weighted by molar-refractivity contribution is -0.135. The second-order valence-electron chi connectivity index (χ2n) is 8.63. The number of amides is 2. The van der Waals surface area contributed by atoms with Crippen LogP contribution in [-0.2, 0) is 29.1 Å². The van der Waals surface area contributed by atoms with Crippen molar-refractivity contribution in [2.75, 3.05) is 6.54 Å². The standard InChI is InChI=1S/C26H32N4O2/c1-20(31)27-17-16-25-28-23-14-8-9-15-24(23)30(25)19-26(32)29(22-12-6-3-7-13-22)18-21-10-4-2-5-11-21/h2,4-5,8-11,14-15,22H,3,6-7,12-13,16-19H2,1H3,(H,27,31). The third kappa shape index (κ3) is 5.36. The molecule has 1 heterocycles. The first-order chi connectivity index (χ1) is 15.6. The number of nitrogens with zero attached hydrogens (tertiary/aromatic N) is 3. The van der Waals surface area contributed by atoms with Gasteiger partial charge in [0.1, 0.15) is 12.4 Å². The predicted octanol–water partition coefficient (Wildman–Crippen LogP) is 4.08. The maximum Gasteiger partial charge on any atom is 0.243 e. The van der Waals surface area contributed by atoms with Crippen LogP contribution < -0.4 is 5.32 Å². The Labute approximate surface area is 189 Å². The first-order valence-corrected chi connectivity index (χ1v) is 11.6. The van der Waals surface area contributed by atoms with E-state index in [0.717, 1.165) is 35.3 Å². The number of nitrogens with one attached hydrogen (secondary N) is 1. The van der Waals surface area contributed by atoms with Gasteiger partial charge >= 0.3 is 0 Å². The van der Waals surface area contributed by atoms with Crippen LogP contribution in [0.3, 0.4) is 0 Å². The van der Waals surface area contributed by atoms with Crippen LogP contribution in [0.5, 0.6) is 0 Å². The average molecular weight is 433 g/mol. The van der Waals surface area contributed by atoms with Crippen LogP contribution in [0, 0.1) is 0 Å². The van der Waals surface area contributed by atoms with Crippen LogP contribution in [0.25, 0.3) is 11.0 Å². The second kappa shape index (κ2) is 10.4. The van der Waals surface area contributed by atoms with Gasteiger partial charge in [0.05, 0.1) is 11.0 Å². The van der Waals surface area contributed by atoms with Crippen molar-refractivity contribution in [2.24, 2.45) is 0 Å². The smallest absolute Gasteiger partial charge is 0.243 e. The summed E-state index contributed by atoms with van der Waals surface area (Å²) < 4.78 is 2.03. The first kappa shape index (κ1) is 22.1. The average Bonchev–Trinajstić information content (AvgIpc) is 3.15. The van der Waals surface area contributed by atoms with Crippen molar-refractivity contribution >= 4 is 22.8 Å². The summed E-state index contributed by atoms with van der Waals surface area (Å²) in [6, 6.07) is 18.5. The second-order valence-corrected chi connectivity index (χ2v) is 8.63. The zero-order valence-electron chi connectivity index (χ0n) is 18.8. The van der Waals surface area contributed by atoms with Gasteiger partial charge in [0, 0.05) is 32.5 Å². The van der Waals surface area contributed by atoms with Crippen molar-refractivity contribution in [3.63, 3.8) is 0 Å². The van der Waals surface area contributed by atoms with Gasteiger partial charge in [0.25, 0.3) is 0 Å². The minimum atomic E-state index is -0.0601. The molecular weight excluding hydrogens is 400 g/mol. The van der Waals surface area contributed by atoms with E-state index in [1.54, 1.807) is 0 Å². The number of rotatable bonds is 8. The van der Waals surface area contributed by atoms with Gasteiger partial charge in [-0.05, 0) is 30.5 Å². The van der Waals surface area contributed by atoms with Gasteiger partial charge in [0.15, 0.2) is 0 Å². The van der Waals surface area contributed by atoms with Crippen LogP contribution in [-0.4, -0.2) is 38.9 Å². The van der Waals surface area contributed by atoms with Crippen LogP contribution in [0.1, 0.15) is 50.4 Å². The summed E-state index contributed by atoms with van der Waals surface area (Å²) in [6.45, 7) is 2.92. The van der Waals surface area contributed by atoms with Gasteiger partial charge in [-0.1, -0.05) is 61.7 Å².